The van der Waals surface area contributed by atoms with Crippen molar-refractivity contribution in [1.82, 2.24) is 5.32 Å². The molecule has 0 unspecified atom stereocenters. The molecule has 2 heterocycles. The van der Waals surface area contributed by atoms with Crippen molar-refractivity contribution in [2.24, 2.45) is 0 Å². The molecule has 3 aromatic rings. The molecule has 2 aliphatic heterocycles. The summed E-state index contributed by atoms with van der Waals surface area (Å²) in [7, 11) is 0. The molecule has 0 aromatic heterocycles. The topological polar surface area (TPSA) is 167 Å². The average molecular weight is 778 g/mol. The summed E-state index contributed by atoms with van der Waals surface area (Å²) in [6.45, 7) is 7.92. The van der Waals surface area contributed by atoms with E-state index in [0.717, 1.165) is 16.7 Å². The monoisotopic (exact) mass is 777 g/mol. The Morgan fingerprint density at radius 1 is 0.661 bits per heavy atom. The molecule has 5 rings (SSSR count). The Morgan fingerprint density at radius 2 is 1.16 bits per heavy atom. The van der Waals surface area contributed by atoms with Crippen LogP contribution in [0.3, 0.4) is 0 Å². The first kappa shape index (κ1) is 42.6. The maximum atomic E-state index is 12.7. The number of rotatable bonds is 19. The first-order chi connectivity index (χ1) is 27.1. The molecule has 0 saturated carbocycles. The van der Waals surface area contributed by atoms with Gasteiger partial charge in [-0.25, -0.2) is 0 Å². The van der Waals surface area contributed by atoms with E-state index in [9.17, 15) is 19.5 Å². The number of benzene rings is 3. The van der Waals surface area contributed by atoms with Gasteiger partial charge in [-0.05, 0) is 16.7 Å². The lowest BCUT2D eigenvalue weighted by Gasteiger charge is -2.49. The van der Waals surface area contributed by atoms with Gasteiger partial charge in [-0.15, -0.1) is 6.58 Å². The number of ether oxygens (including phenoxy) is 9. The van der Waals surface area contributed by atoms with Gasteiger partial charge in [-0.3, -0.25) is 14.4 Å². The molecule has 10 atom stereocenters. The number of aliphatic hydroxyl groups excluding tert-OH is 1. The van der Waals surface area contributed by atoms with Crippen LogP contribution in [0.2, 0.25) is 0 Å². The maximum absolute atomic E-state index is 12.7. The first-order valence-corrected chi connectivity index (χ1v) is 18.5. The lowest BCUT2D eigenvalue weighted by atomic mass is 9.94. The van der Waals surface area contributed by atoms with Gasteiger partial charge < -0.3 is 53.1 Å². The summed E-state index contributed by atoms with van der Waals surface area (Å²) in [6.07, 6.45) is -9.49. The summed E-state index contributed by atoms with van der Waals surface area (Å²) in [6, 6.07) is 27.5. The molecule has 56 heavy (non-hydrogen) atoms. The molecular weight excluding hydrogens is 726 g/mol. The van der Waals surface area contributed by atoms with Gasteiger partial charge >= 0.3 is 11.9 Å². The molecule has 3 aromatic carbocycles. The third-order valence-electron chi connectivity index (χ3n) is 8.98. The van der Waals surface area contributed by atoms with Gasteiger partial charge in [0.25, 0.3) is 0 Å². The van der Waals surface area contributed by atoms with Crippen molar-refractivity contribution >= 4 is 17.8 Å². The Hall–Kier alpha value is -4.51. The number of carbonyl (C=O) groups is 3. The zero-order valence-corrected chi connectivity index (χ0v) is 31.8. The van der Waals surface area contributed by atoms with E-state index >= 15 is 0 Å². The number of hydrogen-bond acceptors (Lipinski definition) is 13. The molecule has 0 bridgehead atoms. The molecule has 0 aliphatic carbocycles. The summed E-state index contributed by atoms with van der Waals surface area (Å²) in [4.78, 5) is 37.6. The number of esters is 2. The second-order valence-electron chi connectivity index (χ2n) is 13.4. The van der Waals surface area contributed by atoms with Crippen LogP contribution in [0.15, 0.2) is 104 Å². The van der Waals surface area contributed by atoms with Gasteiger partial charge in [-0.1, -0.05) is 97.1 Å². The largest absolute Gasteiger partial charge is 0.455 e. The van der Waals surface area contributed by atoms with Crippen LogP contribution in [-0.2, 0) is 76.8 Å². The molecule has 302 valence electrons. The zero-order valence-electron chi connectivity index (χ0n) is 31.8. The Morgan fingerprint density at radius 3 is 1.68 bits per heavy atom. The first-order valence-electron chi connectivity index (χ1n) is 18.5. The van der Waals surface area contributed by atoms with Gasteiger partial charge in [0.15, 0.2) is 24.8 Å². The number of hydrogen-bond donors (Lipinski definition) is 2. The van der Waals surface area contributed by atoms with Crippen LogP contribution in [0.5, 0.6) is 0 Å². The highest BCUT2D eigenvalue weighted by Crippen LogP contribution is 2.34. The highest BCUT2D eigenvalue weighted by Gasteiger charge is 2.55. The number of nitrogens with one attached hydrogen (secondary N) is 1. The molecule has 2 fully saturated rings. The normalized spacial score (nSPS) is 27.5. The standard InChI is InChI=1S/C42H51NO13/c1-5-21-50-38-35(43-27(2)44)41(51-24-32-19-13-8-14-20-32)55-34(26-49-23-31-17-11-7-12-18-31)37(38)56-42-40(53-29(4)46)39(52-28(3)45)36(47)33(54-42)25-48-22-30-15-9-6-10-16-30/h5-20,33-42,47H,1,21-26H2,2-4H3,(H,43,44)/t33-,34-,35-,36+,37-,38-,39+,40-,41+,42+/m1/s1. The summed E-state index contributed by atoms with van der Waals surface area (Å²) >= 11 is 0. The van der Waals surface area contributed by atoms with E-state index in [1.165, 1.54) is 20.8 Å². The SMILES string of the molecule is C=CCO[C@@H]1[C@@H](NC(C)=O)[C@@H](OCc2ccccc2)O[C@H](COCc2ccccc2)[C@H]1O[C@@H]1O[C@H](COCc2ccccc2)[C@H](O)[C@H](OC(C)=O)[C@H]1OC(C)=O. The fourth-order valence-electron chi connectivity index (χ4n) is 6.53. The van der Waals surface area contributed by atoms with Crippen LogP contribution >= 0.6 is 0 Å². The predicted molar refractivity (Wildman–Crippen MR) is 200 cm³/mol. The molecule has 14 heteroatoms. The lowest BCUT2D eigenvalue weighted by Crippen LogP contribution is -2.68. The third kappa shape index (κ3) is 12.5. The Bertz CT molecular complexity index is 1660. The van der Waals surface area contributed by atoms with Crippen LogP contribution < -0.4 is 5.32 Å². The third-order valence-corrected chi connectivity index (χ3v) is 8.98. The molecule has 2 N–H and O–H groups in total. The number of amides is 1. The van der Waals surface area contributed by atoms with Crippen LogP contribution in [-0.4, -0.2) is 104 Å². The van der Waals surface area contributed by atoms with Gasteiger partial charge in [0.05, 0.1) is 39.6 Å². The van der Waals surface area contributed by atoms with E-state index in [1.54, 1.807) is 6.08 Å². The highest BCUT2D eigenvalue weighted by molar-refractivity contribution is 5.73. The van der Waals surface area contributed by atoms with Crippen LogP contribution in [0.1, 0.15) is 37.5 Å². The minimum Gasteiger partial charge on any atom is -0.455 e. The van der Waals surface area contributed by atoms with E-state index in [4.69, 9.17) is 42.6 Å². The predicted octanol–water partition coefficient (Wildman–Crippen LogP) is 3.77. The second-order valence-corrected chi connectivity index (χ2v) is 13.4. The number of carbonyl (C=O) groups excluding carboxylic acids is 3. The number of aliphatic hydroxyl groups is 1. The van der Waals surface area contributed by atoms with Crippen molar-refractivity contribution in [2.45, 2.75) is 102 Å². The highest BCUT2D eigenvalue weighted by atomic mass is 16.8. The van der Waals surface area contributed by atoms with Crippen molar-refractivity contribution in [3.8, 4) is 0 Å². The Kier molecular flexibility index (Phi) is 16.5. The van der Waals surface area contributed by atoms with E-state index in [2.05, 4.69) is 11.9 Å². The molecule has 14 nitrogen and oxygen atoms in total. The second kappa shape index (κ2) is 21.7. The average Bonchev–Trinajstić information content (AvgIpc) is 3.18. The molecule has 2 aliphatic rings. The minimum absolute atomic E-state index is 0.0350. The molecule has 0 spiro atoms. The molecule has 1 amide bonds. The van der Waals surface area contributed by atoms with Gasteiger partial charge in [0, 0.05) is 20.8 Å². The Labute approximate surface area is 326 Å². The molecular formula is C42H51NO13. The maximum Gasteiger partial charge on any atom is 0.303 e. The van der Waals surface area contributed by atoms with Crippen molar-refractivity contribution in [2.75, 3.05) is 19.8 Å². The summed E-state index contributed by atoms with van der Waals surface area (Å²) in [5, 5.41) is 14.4. The summed E-state index contributed by atoms with van der Waals surface area (Å²) < 4.78 is 55.6. The van der Waals surface area contributed by atoms with E-state index in [-0.39, 0.29) is 39.6 Å². The van der Waals surface area contributed by atoms with E-state index in [1.807, 2.05) is 91.0 Å². The van der Waals surface area contributed by atoms with Gasteiger partial charge in [0.2, 0.25) is 5.91 Å². The fourth-order valence-corrected chi connectivity index (χ4v) is 6.53. The molecule has 0 radical (unpaired) electrons. The molecule has 2 saturated heterocycles. The van der Waals surface area contributed by atoms with Crippen molar-refractivity contribution in [1.29, 1.82) is 0 Å². The quantitative estimate of drug-likeness (QED) is 0.134. The van der Waals surface area contributed by atoms with Gasteiger partial charge in [-0.2, -0.15) is 0 Å². The van der Waals surface area contributed by atoms with Crippen molar-refractivity contribution in [3.63, 3.8) is 0 Å². The lowest BCUT2D eigenvalue weighted by molar-refractivity contribution is -0.354. The smallest absolute Gasteiger partial charge is 0.303 e. The van der Waals surface area contributed by atoms with Crippen LogP contribution in [0, 0.1) is 0 Å². The van der Waals surface area contributed by atoms with E-state index < -0.39 is 79.2 Å². The van der Waals surface area contributed by atoms with E-state index in [0.29, 0.717) is 0 Å². The van der Waals surface area contributed by atoms with Crippen LogP contribution in [0.4, 0.5) is 0 Å². The fraction of sp³-hybridized carbons (Fsp3) is 0.452. The minimum atomic E-state index is -1.48. The van der Waals surface area contributed by atoms with Gasteiger partial charge in [0.1, 0.15) is 36.6 Å². The summed E-state index contributed by atoms with van der Waals surface area (Å²) in [5.41, 5.74) is 2.66. The van der Waals surface area contributed by atoms with Crippen molar-refractivity contribution in [3.05, 3.63) is 120 Å². The van der Waals surface area contributed by atoms with Crippen LogP contribution in [0.25, 0.3) is 0 Å². The Balaban J connectivity index is 1.48. The summed E-state index contributed by atoms with van der Waals surface area (Å²) in [5.74, 6) is -1.87. The van der Waals surface area contributed by atoms with Crippen molar-refractivity contribution < 1.29 is 62.1 Å². The zero-order chi connectivity index (χ0) is 39.9.